The minimum Gasteiger partial charge on any atom is -0.488 e. The van der Waals surface area contributed by atoms with Crippen molar-refractivity contribution in [2.75, 3.05) is 20.3 Å². The fourth-order valence-corrected chi connectivity index (χ4v) is 5.05. The number of aromatic nitrogens is 1. The van der Waals surface area contributed by atoms with Crippen molar-refractivity contribution >= 4 is 17.5 Å². The van der Waals surface area contributed by atoms with Crippen molar-refractivity contribution in [2.45, 2.75) is 46.1 Å². The third kappa shape index (κ3) is 7.98. The van der Waals surface area contributed by atoms with E-state index in [1.54, 1.807) is 38.4 Å². The number of carbonyl (C=O) groups excluding carboxylic acids is 1. The first-order valence-electron chi connectivity index (χ1n) is 14.4. The van der Waals surface area contributed by atoms with E-state index in [1.165, 1.54) is 6.20 Å². The molecule has 4 N–H and O–H groups in total. The van der Waals surface area contributed by atoms with E-state index in [-0.39, 0.29) is 38.9 Å². The van der Waals surface area contributed by atoms with E-state index >= 15 is 0 Å². The molecule has 1 heterocycles. The quantitative estimate of drug-likeness (QED) is 0.158. The highest BCUT2D eigenvalue weighted by Crippen LogP contribution is 2.35. The zero-order valence-corrected chi connectivity index (χ0v) is 26.5. The average Bonchev–Trinajstić information content (AvgIpc) is 3.06. The smallest absolute Gasteiger partial charge is 0.251 e. The molecule has 234 valence electrons. The van der Waals surface area contributed by atoms with Gasteiger partial charge in [-0.05, 0) is 66.8 Å². The van der Waals surface area contributed by atoms with E-state index in [0.717, 1.165) is 27.8 Å². The molecule has 0 radical (unpaired) electrons. The number of nitrogens with zero attached hydrogens (tertiary/aromatic N) is 2. The molecule has 1 amide bonds. The maximum Gasteiger partial charge on any atom is 0.251 e. The third-order valence-corrected chi connectivity index (χ3v) is 8.06. The number of nitrogens with one attached hydrogen (secondary N) is 2. The van der Waals surface area contributed by atoms with Gasteiger partial charge in [0.2, 0.25) is 0 Å². The van der Waals surface area contributed by atoms with Gasteiger partial charge in [0.15, 0.2) is 0 Å². The molecular formula is C35H37ClN4O5. The first kappa shape index (κ1) is 33.4. The highest BCUT2D eigenvalue weighted by Gasteiger charge is 2.23. The Balaban J connectivity index is 1.62. The summed E-state index contributed by atoms with van der Waals surface area (Å²) >= 11 is 6.70. The Morgan fingerprint density at radius 3 is 2.33 bits per heavy atom. The summed E-state index contributed by atoms with van der Waals surface area (Å²) in [6.07, 6.45) is 3.11. The van der Waals surface area contributed by atoms with Crippen LogP contribution in [0, 0.1) is 25.2 Å². The molecule has 0 aliphatic rings. The maximum absolute atomic E-state index is 12.4. The second-order valence-corrected chi connectivity index (χ2v) is 11.4. The molecular weight excluding hydrogens is 592 g/mol. The first-order valence-corrected chi connectivity index (χ1v) is 14.8. The fourth-order valence-electron chi connectivity index (χ4n) is 4.81. The monoisotopic (exact) mass is 628 g/mol. The first-order chi connectivity index (χ1) is 21.6. The predicted molar refractivity (Wildman–Crippen MR) is 173 cm³/mol. The van der Waals surface area contributed by atoms with Gasteiger partial charge in [0, 0.05) is 48.7 Å². The number of hydrogen-bond donors (Lipinski definition) is 4. The van der Waals surface area contributed by atoms with Gasteiger partial charge in [-0.2, -0.15) is 5.26 Å². The molecule has 45 heavy (non-hydrogen) atoms. The molecule has 10 heteroatoms. The number of ether oxygens (including phenoxy) is 2. The van der Waals surface area contributed by atoms with Crippen molar-refractivity contribution in [2.24, 2.45) is 0 Å². The molecule has 9 nitrogen and oxygen atoms in total. The van der Waals surface area contributed by atoms with Gasteiger partial charge in [0.25, 0.3) is 5.91 Å². The summed E-state index contributed by atoms with van der Waals surface area (Å²) in [5.41, 5.74) is 6.35. The van der Waals surface area contributed by atoms with Gasteiger partial charge in [-0.1, -0.05) is 41.9 Å². The SMILES string of the molecule is CNC(=O)c1cccc(-c2cccc(COc3cc(OCc4cncc(C#N)c4)c(CNC(C)(CO)CO)cc3Cl)c2C)c1C. The number of halogens is 1. The Hall–Kier alpha value is -4.46. The van der Waals surface area contributed by atoms with Gasteiger partial charge in [-0.3, -0.25) is 9.78 Å². The third-order valence-electron chi connectivity index (χ3n) is 7.76. The number of carbonyl (C=O) groups is 1. The number of benzene rings is 3. The molecule has 0 saturated heterocycles. The largest absolute Gasteiger partial charge is 0.488 e. The van der Waals surface area contributed by atoms with Crippen LogP contribution in [0.3, 0.4) is 0 Å². The van der Waals surface area contributed by atoms with E-state index in [4.69, 9.17) is 21.1 Å². The van der Waals surface area contributed by atoms with Crippen molar-refractivity contribution in [3.8, 4) is 28.7 Å². The maximum atomic E-state index is 12.4. The minimum atomic E-state index is -0.912. The second-order valence-electron chi connectivity index (χ2n) is 11.0. The highest BCUT2D eigenvalue weighted by molar-refractivity contribution is 6.32. The Labute approximate surface area is 268 Å². The van der Waals surface area contributed by atoms with Crippen LogP contribution in [0.5, 0.6) is 11.5 Å². The zero-order valence-electron chi connectivity index (χ0n) is 25.8. The summed E-state index contributed by atoms with van der Waals surface area (Å²) in [4.78, 5) is 16.5. The van der Waals surface area contributed by atoms with Crippen LogP contribution in [0.2, 0.25) is 5.02 Å². The summed E-state index contributed by atoms with van der Waals surface area (Å²) in [5, 5.41) is 34.9. The van der Waals surface area contributed by atoms with E-state index in [9.17, 15) is 20.3 Å². The number of rotatable bonds is 13. The standard InChI is InChI=1S/C35H37ClN4O5/c1-22-26(7-5-8-28(22)29-9-6-10-30(23(29)2)34(43)38-4)19-45-33-13-32(44-18-25-11-24(14-37)15-39-16-25)27(12-31(33)36)17-40-35(3,20-41)21-42/h5-13,15-16,40-42H,17-21H2,1-4H3,(H,38,43). The predicted octanol–water partition coefficient (Wildman–Crippen LogP) is 5.24. The molecule has 0 fully saturated rings. The summed E-state index contributed by atoms with van der Waals surface area (Å²) in [7, 11) is 1.62. The summed E-state index contributed by atoms with van der Waals surface area (Å²) in [6.45, 7) is 5.75. The summed E-state index contributed by atoms with van der Waals surface area (Å²) in [6, 6.07) is 18.9. The molecule has 0 saturated carbocycles. The molecule has 4 rings (SSSR count). The normalized spacial score (nSPS) is 11.2. The van der Waals surface area contributed by atoms with Gasteiger partial charge in [-0.25, -0.2) is 0 Å². The lowest BCUT2D eigenvalue weighted by atomic mass is 9.91. The highest BCUT2D eigenvalue weighted by atomic mass is 35.5. The van der Waals surface area contributed by atoms with Crippen molar-refractivity contribution < 1.29 is 24.5 Å². The van der Waals surface area contributed by atoms with Crippen LogP contribution >= 0.6 is 11.6 Å². The van der Waals surface area contributed by atoms with Crippen LogP contribution in [0.25, 0.3) is 11.1 Å². The second kappa shape index (κ2) is 15.0. The van der Waals surface area contributed by atoms with Crippen LogP contribution in [0.15, 0.2) is 67.0 Å². The fraction of sp³-hybridized carbons (Fsp3) is 0.286. The molecule has 0 unspecified atom stereocenters. The Bertz CT molecular complexity index is 1720. The number of aliphatic hydroxyl groups excluding tert-OH is 2. The van der Waals surface area contributed by atoms with Gasteiger partial charge < -0.3 is 30.3 Å². The van der Waals surface area contributed by atoms with Gasteiger partial charge in [0.05, 0.1) is 29.3 Å². The number of hydrogen-bond acceptors (Lipinski definition) is 8. The molecule has 0 spiro atoms. The molecule has 0 atom stereocenters. The van der Waals surface area contributed by atoms with Crippen molar-refractivity contribution in [3.63, 3.8) is 0 Å². The van der Waals surface area contributed by atoms with Crippen molar-refractivity contribution in [3.05, 3.63) is 111 Å². The van der Waals surface area contributed by atoms with Crippen LogP contribution in [-0.2, 0) is 19.8 Å². The van der Waals surface area contributed by atoms with E-state index in [0.29, 0.717) is 38.8 Å². The van der Waals surface area contributed by atoms with Gasteiger partial charge in [0.1, 0.15) is 30.8 Å². The van der Waals surface area contributed by atoms with Crippen LogP contribution in [0.1, 0.15) is 50.7 Å². The number of pyridine rings is 1. The molecule has 1 aromatic heterocycles. The molecule has 0 aliphatic carbocycles. The Morgan fingerprint density at radius 2 is 1.64 bits per heavy atom. The van der Waals surface area contributed by atoms with Gasteiger partial charge in [-0.15, -0.1) is 0 Å². The summed E-state index contributed by atoms with van der Waals surface area (Å²) in [5.74, 6) is 0.757. The lowest BCUT2D eigenvalue weighted by Crippen LogP contribution is -2.48. The van der Waals surface area contributed by atoms with E-state index in [2.05, 4.69) is 21.7 Å². The Kier molecular flexibility index (Phi) is 11.2. The molecule has 4 aromatic rings. The zero-order chi connectivity index (χ0) is 32.6. The van der Waals surface area contributed by atoms with Crippen molar-refractivity contribution in [1.29, 1.82) is 5.26 Å². The summed E-state index contributed by atoms with van der Waals surface area (Å²) < 4.78 is 12.4. The van der Waals surface area contributed by atoms with Crippen LogP contribution in [-0.4, -0.2) is 46.9 Å². The van der Waals surface area contributed by atoms with Crippen LogP contribution in [0.4, 0.5) is 0 Å². The lowest BCUT2D eigenvalue weighted by molar-refractivity contribution is 0.0962. The Morgan fingerprint density at radius 1 is 0.956 bits per heavy atom. The van der Waals surface area contributed by atoms with E-state index < -0.39 is 5.54 Å². The molecule has 0 bridgehead atoms. The molecule has 0 aliphatic heterocycles. The van der Waals surface area contributed by atoms with Crippen molar-refractivity contribution in [1.82, 2.24) is 15.6 Å². The van der Waals surface area contributed by atoms with Gasteiger partial charge >= 0.3 is 0 Å². The number of aliphatic hydroxyl groups is 2. The van der Waals surface area contributed by atoms with Crippen LogP contribution < -0.4 is 20.1 Å². The lowest BCUT2D eigenvalue weighted by Gasteiger charge is -2.27. The number of nitriles is 1. The van der Waals surface area contributed by atoms with E-state index in [1.807, 2.05) is 50.2 Å². The number of amides is 1. The average molecular weight is 629 g/mol. The molecule has 3 aromatic carbocycles. The topological polar surface area (TPSA) is 137 Å². The minimum absolute atomic E-state index is 0.135.